The molecule has 4 rings (SSSR count). The largest absolute Gasteiger partial charge is 0.477 e. The van der Waals surface area contributed by atoms with Crippen molar-refractivity contribution in [2.45, 2.75) is 33.9 Å². The van der Waals surface area contributed by atoms with Crippen LogP contribution < -0.4 is 11.1 Å². The molecule has 2 aromatic heterocycles. The molecule has 0 unspecified atom stereocenters. The smallest absolute Gasteiger partial charge is 0.354 e. The summed E-state index contributed by atoms with van der Waals surface area (Å²) in [4.78, 5) is 38.5. The first-order chi connectivity index (χ1) is 17.6. The third-order valence-corrected chi connectivity index (χ3v) is 5.25. The van der Waals surface area contributed by atoms with Crippen molar-refractivity contribution < 1.29 is 28.6 Å². The number of nitrogens with two attached hydrogens (primary N) is 1. The van der Waals surface area contributed by atoms with Crippen LogP contribution in [0, 0.1) is 12.7 Å². The number of rotatable bonds is 6. The number of carboxylic acid groups (broad SMARTS) is 1. The Morgan fingerprint density at radius 2 is 1.84 bits per heavy atom. The van der Waals surface area contributed by atoms with Gasteiger partial charge in [0, 0.05) is 18.7 Å². The number of ether oxygens (including phenoxy) is 1. The molecule has 0 radical (unpaired) electrons. The number of hydrogen-bond acceptors (Lipinski definition) is 8. The van der Waals surface area contributed by atoms with E-state index in [-0.39, 0.29) is 48.8 Å². The highest BCUT2D eigenvalue weighted by atomic mass is 19.1. The minimum Gasteiger partial charge on any atom is -0.477 e. The Balaban J connectivity index is 0.000000309. The lowest BCUT2D eigenvalue weighted by molar-refractivity contribution is 0.0599. The van der Waals surface area contributed by atoms with Gasteiger partial charge in [0.15, 0.2) is 11.3 Å². The van der Waals surface area contributed by atoms with E-state index in [1.165, 1.54) is 19.4 Å². The molecule has 2 heterocycles. The molecule has 0 saturated carbocycles. The molecular formula is C26H29FN6O5. The number of benzene rings is 2. The normalized spacial score (nSPS) is 11.0. The van der Waals surface area contributed by atoms with Crippen molar-refractivity contribution in [2.75, 3.05) is 7.11 Å². The average Bonchev–Trinajstić information content (AvgIpc) is 3.37. The van der Waals surface area contributed by atoms with E-state index in [0.717, 1.165) is 16.1 Å². The van der Waals surface area contributed by atoms with E-state index < -0.39 is 11.9 Å². The summed E-state index contributed by atoms with van der Waals surface area (Å²) < 4.78 is 18.8. The molecule has 0 fully saturated rings. The number of hydrogen-bond donors (Lipinski definition) is 3. The highest BCUT2D eigenvalue weighted by Gasteiger charge is 2.17. The zero-order chi connectivity index (χ0) is 27.1. The highest BCUT2D eigenvalue weighted by molar-refractivity contribution is 5.95. The quantitative estimate of drug-likeness (QED) is 0.321. The number of carbonyl (C=O) groups is 3. The lowest BCUT2D eigenvalue weighted by Crippen LogP contribution is -2.25. The van der Waals surface area contributed by atoms with Crippen molar-refractivity contribution in [3.8, 4) is 0 Å². The third-order valence-electron chi connectivity index (χ3n) is 5.25. The molecule has 4 aromatic rings. The van der Waals surface area contributed by atoms with Gasteiger partial charge >= 0.3 is 11.9 Å². The van der Waals surface area contributed by atoms with Gasteiger partial charge in [-0.05, 0) is 48.7 Å². The molecule has 0 bridgehead atoms. The monoisotopic (exact) mass is 524 g/mol. The van der Waals surface area contributed by atoms with Crippen LogP contribution >= 0.6 is 0 Å². The molecule has 1 amide bonds. The number of aryl methyl sites for hydroxylation is 1. The molecule has 0 aliphatic carbocycles. The molecule has 2 aromatic carbocycles. The Labute approximate surface area is 218 Å². The number of amides is 1. The van der Waals surface area contributed by atoms with Crippen molar-refractivity contribution in [1.29, 1.82) is 0 Å². The lowest BCUT2D eigenvalue weighted by Gasteiger charge is -2.07. The van der Waals surface area contributed by atoms with Crippen molar-refractivity contribution >= 4 is 23.5 Å². The fourth-order valence-corrected chi connectivity index (χ4v) is 3.22. The summed E-state index contributed by atoms with van der Waals surface area (Å²) in [6, 6.07) is 12.7. The summed E-state index contributed by atoms with van der Waals surface area (Å²) in [5.74, 6) is -2.45. The average molecular weight is 525 g/mol. The molecule has 0 saturated heterocycles. The second-order valence-corrected chi connectivity index (χ2v) is 8.00. The molecule has 1 atom stereocenters. The van der Waals surface area contributed by atoms with E-state index in [1.54, 1.807) is 31.2 Å². The molecule has 12 heteroatoms. The Bertz CT molecular complexity index is 1440. The van der Waals surface area contributed by atoms with Gasteiger partial charge in [-0.15, -0.1) is 5.10 Å². The fourth-order valence-electron chi connectivity index (χ4n) is 3.22. The van der Waals surface area contributed by atoms with E-state index in [2.05, 4.69) is 25.3 Å². The van der Waals surface area contributed by atoms with Gasteiger partial charge < -0.3 is 20.9 Å². The van der Waals surface area contributed by atoms with Crippen molar-refractivity contribution in [3.63, 3.8) is 0 Å². The number of carboxylic acids is 1. The molecule has 200 valence electrons. The van der Waals surface area contributed by atoms with Crippen LogP contribution in [0.1, 0.15) is 68.4 Å². The van der Waals surface area contributed by atoms with Gasteiger partial charge in [0.05, 0.1) is 18.9 Å². The Morgan fingerprint density at radius 1 is 1.16 bits per heavy atom. The number of aromatic carboxylic acids is 1. The number of nitrogens with zero attached hydrogens (tertiary/aromatic N) is 4. The topological polar surface area (TPSA) is 162 Å². The van der Waals surface area contributed by atoms with E-state index in [9.17, 15) is 23.9 Å². The minimum absolute atomic E-state index is 0. The summed E-state index contributed by atoms with van der Waals surface area (Å²) in [5, 5.41) is 19.0. The number of nitrogens with one attached hydrogen (secondary N) is 1. The Morgan fingerprint density at radius 3 is 2.42 bits per heavy atom. The second-order valence-electron chi connectivity index (χ2n) is 8.00. The van der Waals surface area contributed by atoms with Crippen molar-refractivity contribution in [1.82, 2.24) is 25.1 Å². The summed E-state index contributed by atoms with van der Waals surface area (Å²) in [7, 11) is 1.36. The van der Waals surface area contributed by atoms with Crippen LogP contribution in [0.5, 0.6) is 0 Å². The number of halogens is 1. The van der Waals surface area contributed by atoms with Crippen molar-refractivity contribution in [3.05, 3.63) is 94.2 Å². The zero-order valence-corrected chi connectivity index (χ0v) is 20.3. The van der Waals surface area contributed by atoms with Gasteiger partial charge in [0.1, 0.15) is 11.5 Å². The van der Waals surface area contributed by atoms with Gasteiger partial charge in [-0.2, -0.15) is 4.52 Å². The van der Waals surface area contributed by atoms with Crippen LogP contribution in [0.4, 0.5) is 4.39 Å². The number of esters is 1. The lowest BCUT2D eigenvalue weighted by atomic mass is 10.1. The summed E-state index contributed by atoms with van der Waals surface area (Å²) in [6.45, 7) is 3.68. The van der Waals surface area contributed by atoms with Crippen LogP contribution in [-0.4, -0.2) is 49.9 Å². The minimum atomic E-state index is -1.25. The van der Waals surface area contributed by atoms with Crippen LogP contribution in [0.15, 0.2) is 54.7 Å². The van der Waals surface area contributed by atoms with Crippen LogP contribution in [-0.2, 0) is 11.3 Å². The van der Waals surface area contributed by atoms with Gasteiger partial charge in [-0.1, -0.05) is 36.9 Å². The van der Waals surface area contributed by atoms with Gasteiger partial charge in [0.2, 0.25) is 0 Å². The number of fused-ring (bicyclic) bond motifs is 1. The predicted octanol–water partition coefficient (Wildman–Crippen LogP) is 3.33. The standard InChI is InChI=1S/C15H12FN5O3.C10H13NO2.CH4/c1-8-4-9(2-3-10(8)16)6-17-14(22)11-5-12(15(23)24)21-13(19-11)7-18-20-21;1-7(11)8-3-5-9(6-4-8)10(12)13-2;/h2-5,7H,6H2,1H3,(H,17,22)(H,23,24);3-7H,11H2,1-2H3;1H4/t;7-;/m.0./s1. The first kappa shape index (κ1) is 29.5. The first-order valence-electron chi connectivity index (χ1n) is 11.0. The third kappa shape index (κ3) is 7.17. The molecule has 4 N–H and O–H groups in total. The molecule has 38 heavy (non-hydrogen) atoms. The van der Waals surface area contributed by atoms with Crippen LogP contribution in [0.25, 0.3) is 5.65 Å². The maximum atomic E-state index is 13.2. The fraction of sp³-hybridized carbons (Fsp3) is 0.231. The predicted molar refractivity (Wildman–Crippen MR) is 137 cm³/mol. The van der Waals surface area contributed by atoms with Gasteiger partial charge in [-0.3, -0.25) is 4.79 Å². The number of carbonyl (C=O) groups excluding carboxylic acids is 2. The van der Waals surface area contributed by atoms with Gasteiger partial charge in [0.25, 0.3) is 5.91 Å². The van der Waals surface area contributed by atoms with E-state index in [1.807, 2.05) is 19.1 Å². The molecule has 0 aliphatic heterocycles. The maximum Gasteiger partial charge on any atom is 0.354 e. The van der Waals surface area contributed by atoms with E-state index in [4.69, 9.17) is 5.73 Å². The Hall–Kier alpha value is -4.71. The van der Waals surface area contributed by atoms with E-state index >= 15 is 0 Å². The maximum absolute atomic E-state index is 13.2. The summed E-state index contributed by atoms with van der Waals surface area (Å²) >= 11 is 0. The number of aromatic nitrogens is 4. The van der Waals surface area contributed by atoms with E-state index in [0.29, 0.717) is 16.7 Å². The molecule has 11 nitrogen and oxygen atoms in total. The highest BCUT2D eigenvalue weighted by Crippen LogP contribution is 2.12. The van der Waals surface area contributed by atoms with Crippen molar-refractivity contribution in [2.24, 2.45) is 5.73 Å². The molecule has 0 aliphatic rings. The number of methoxy groups -OCH3 is 1. The molecule has 0 spiro atoms. The summed E-state index contributed by atoms with van der Waals surface area (Å²) in [5.41, 5.74) is 8.26. The van der Waals surface area contributed by atoms with Crippen LogP contribution in [0.2, 0.25) is 0 Å². The SMILES string of the molecule is C.COC(=O)c1ccc([C@H](C)N)cc1.Cc1cc(CNC(=O)c2cc(C(=O)O)n3nncc3n2)ccc1F. The summed E-state index contributed by atoms with van der Waals surface area (Å²) in [6.07, 6.45) is 1.26. The second kappa shape index (κ2) is 13.0. The van der Waals surface area contributed by atoms with Crippen LogP contribution in [0.3, 0.4) is 0 Å². The first-order valence-corrected chi connectivity index (χ1v) is 11.0. The Kier molecular flexibility index (Phi) is 10.1. The van der Waals surface area contributed by atoms with Gasteiger partial charge in [-0.25, -0.2) is 19.0 Å². The zero-order valence-electron chi connectivity index (χ0n) is 20.3. The molecular weight excluding hydrogens is 495 g/mol.